The topological polar surface area (TPSA) is 58.6 Å². The maximum absolute atomic E-state index is 13.1. The zero-order valence-electron chi connectivity index (χ0n) is 17.9. The van der Waals surface area contributed by atoms with E-state index in [0.29, 0.717) is 15.8 Å². The van der Waals surface area contributed by atoms with Crippen LogP contribution in [-0.4, -0.2) is 35.4 Å². The number of ether oxygens (including phenoxy) is 1. The minimum absolute atomic E-state index is 0.166. The number of nitrogens with one attached hydrogen (secondary N) is 1. The van der Waals surface area contributed by atoms with Gasteiger partial charge in [0.2, 0.25) is 5.91 Å². The molecule has 3 rings (SSSR count). The largest absolute Gasteiger partial charge is 0.484 e. The average Bonchev–Trinajstić information content (AvgIpc) is 3.24. The molecule has 1 N–H and O–H groups in total. The molecule has 31 heavy (non-hydrogen) atoms. The lowest BCUT2D eigenvalue weighted by atomic mass is 10.1. The van der Waals surface area contributed by atoms with Crippen molar-refractivity contribution >= 4 is 35.0 Å². The third-order valence-corrected chi connectivity index (χ3v) is 6.16. The number of rotatable bonds is 8. The van der Waals surface area contributed by atoms with Gasteiger partial charge in [-0.05, 0) is 62.1 Å². The average molecular weight is 463 g/mol. The van der Waals surface area contributed by atoms with Gasteiger partial charge in [-0.3, -0.25) is 9.59 Å². The molecule has 0 spiro atoms. The first-order valence-corrected chi connectivity index (χ1v) is 11.3. The van der Waals surface area contributed by atoms with Crippen LogP contribution in [0.3, 0.4) is 0 Å². The maximum atomic E-state index is 13.1. The van der Waals surface area contributed by atoms with Crippen molar-refractivity contribution in [2.75, 3.05) is 6.61 Å². The standard InChI is InChI=1S/C24H28Cl2N2O3/c1-16-6-5-9-21(12-16)31-15-23(29)28(14-18-10-11-19(25)13-22(18)26)17(2)24(30)27-20-7-3-4-8-20/h5-6,9-13,17,20H,3-4,7-8,14-15H2,1-2H3,(H,27,30)/t17-/m1/s1. The predicted octanol–water partition coefficient (Wildman–Crippen LogP) is 5.16. The Morgan fingerprint density at radius 2 is 1.90 bits per heavy atom. The van der Waals surface area contributed by atoms with E-state index in [1.807, 2.05) is 25.1 Å². The summed E-state index contributed by atoms with van der Waals surface area (Å²) >= 11 is 12.3. The van der Waals surface area contributed by atoms with E-state index in [0.717, 1.165) is 36.8 Å². The molecule has 1 aliphatic rings. The zero-order valence-corrected chi connectivity index (χ0v) is 19.4. The Labute approximate surface area is 193 Å². The summed E-state index contributed by atoms with van der Waals surface area (Å²) in [4.78, 5) is 27.5. The van der Waals surface area contributed by atoms with Crippen LogP contribution in [-0.2, 0) is 16.1 Å². The quantitative estimate of drug-likeness (QED) is 0.589. The lowest BCUT2D eigenvalue weighted by molar-refractivity contribution is -0.142. The molecule has 7 heteroatoms. The maximum Gasteiger partial charge on any atom is 0.261 e. The molecule has 1 aliphatic carbocycles. The normalized spacial score (nSPS) is 14.8. The van der Waals surface area contributed by atoms with Crippen molar-refractivity contribution in [3.05, 3.63) is 63.6 Å². The minimum Gasteiger partial charge on any atom is -0.484 e. The Bertz CT molecular complexity index is 929. The number of amides is 2. The van der Waals surface area contributed by atoms with Crippen molar-refractivity contribution in [1.82, 2.24) is 10.2 Å². The lowest BCUT2D eigenvalue weighted by Crippen LogP contribution is -2.50. The van der Waals surface area contributed by atoms with Crippen molar-refractivity contribution in [3.8, 4) is 5.75 Å². The van der Waals surface area contributed by atoms with Crippen LogP contribution in [0.2, 0.25) is 10.0 Å². The molecule has 166 valence electrons. The highest BCUT2D eigenvalue weighted by molar-refractivity contribution is 6.35. The van der Waals surface area contributed by atoms with E-state index in [-0.39, 0.29) is 31.0 Å². The van der Waals surface area contributed by atoms with Gasteiger partial charge in [-0.2, -0.15) is 0 Å². The van der Waals surface area contributed by atoms with Gasteiger partial charge in [-0.1, -0.05) is 54.2 Å². The second-order valence-electron chi connectivity index (χ2n) is 8.03. The number of hydrogen-bond acceptors (Lipinski definition) is 3. The molecule has 1 saturated carbocycles. The van der Waals surface area contributed by atoms with E-state index in [4.69, 9.17) is 27.9 Å². The van der Waals surface area contributed by atoms with Crippen LogP contribution in [0.1, 0.15) is 43.7 Å². The van der Waals surface area contributed by atoms with Gasteiger partial charge in [0.25, 0.3) is 5.91 Å². The minimum atomic E-state index is -0.666. The number of carbonyl (C=O) groups is 2. The van der Waals surface area contributed by atoms with Crippen molar-refractivity contribution in [3.63, 3.8) is 0 Å². The van der Waals surface area contributed by atoms with Crippen LogP contribution < -0.4 is 10.1 Å². The van der Waals surface area contributed by atoms with Gasteiger partial charge in [0.05, 0.1) is 0 Å². The summed E-state index contributed by atoms with van der Waals surface area (Å²) < 4.78 is 5.70. The van der Waals surface area contributed by atoms with Crippen molar-refractivity contribution in [2.24, 2.45) is 0 Å². The van der Waals surface area contributed by atoms with Gasteiger partial charge in [-0.15, -0.1) is 0 Å². The predicted molar refractivity (Wildman–Crippen MR) is 124 cm³/mol. The van der Waals surface area contributed by atoms with Crippen LogP contribution in [0.4, 0.5) is 0 Å². The van der Waals surface area contributed by atoms with Crippen LogP contribution >= 0.6 is 23.2 Å². The van der Waals surface area contributed by atoms with Gasteiger partial charge in [0.1, 0.15) is 11.8 Å². The molecule has 0 aromatic heterocycles. The Balaban J connectivity index is 1.74. The first kappa shape index (κ1) is 23.4. The third-order valence-electron chi connectivity index (χ3n) is 5.58. The summed E-state index contributed by atoms with van der Waals surface area (Å²) in [5.41, 5.74) is 1.76. The second kappa shape index (κ2) is 10.9. The summed E-state index contributed by atoms with van der Waals surface area (Å²) in [5.74, 6) is 0.156. The van der Waals surface area contributed by atoms with Crippen molar-refractivity contribution in [1.29, 1.82) is 0 Å². The van der Waals surface area contributed by atoms with E-state index < -0.39 is 6.04 Å². The van der Waals surface area contributed by atoms with Gasteiger partial charge >= 0.3 is 0 Å². The van der Waals surface area contributed by atoms with Crippen molar-refractivity contribution in [2.45, 2.75) is 58.2 Å². The molecule has 0 aliphatic heterocycles. The monoisotopic (exact) mass is 462 g/mol. The number of nitrogens with zero attached hydrogens (tertiary/aromatic N) is 1. The summed E-state index contributed by atoms with van der Waals surface area (Å²) in [6.07, 6.45) is 4.19. The number of halogens is 2. The Kier molecular flexibility index (Phi) is 8.22. The fourth-order valence-electron chi connectivity index (χ4n) is 3.74. The highest BCUT2D eigenvalue weighted by atomic mass is 35.5. The summed E-state index contributed by atoms with van der Waals surface area (Å²) in [5, 5.41) is 4.04. The van der Waals surface area contributed by atoms with Gasteiger partial charge in [0, 0.05) is 22.6 Å². The third kappa shape index (κ3) is 6.62. The van der Waals surface area contributed by atoms with E-state index >= 15 is 0 Å². The number of carbonyl (C=O) groups excluding carboxylic acids is 2. The number of aryl methyl sites for hydroxylation is 1. The Hall–Kier alpha value is -2.24. The summed E-state index contributed by atoms with van der Waals surface area (Å²) in [6.45, 7) is 3.71. The van der Waals surface area contributed by atoms with E-state index in [1.165, 1.54) is 4.90 Å². The summed E-state index contributed by atoms with van der Waals surface area (Å²) in [6, 6.07) is 12.1. The summed E-state index contributed by atoms with van der Waals surface area (Å²) in [7, 11) is 0. The molecule has 0 bridgehead atoms. The fraction of sp³-hybridized carbons (Fsp3) is 0.417. The first-order valence-electron chi connectivity index (χ1n) is 10.6. The molecule has 5 nitrogen and oxygen atoms in total. The first-order chi connectivity index (χ1) is 14.8. The molecular weight excluding hydrogens is 435 g/mol. The second-order valence-corrected chi connectivity index (χ2v) is 8.87. The van der Waals surface area contributed by atoms with Gasteiger partial charge in [0.15, 0.2) is 6.61 Å². The molecule has 0 heterocycles. The molecule has 0 unspecified atom stereocenters. The molecule has 0 radical (unpaired) electrons. The number of benzene rings is 2. The van der Waals surface area contributed by atoms with E-state index in [2.05, 4.69) is 5.32 Å². The molecule has 0 saturated heterocycles. The van der Waals surface area contributed by atoms with Crippen LogP contribution in [0.5, 0.6) is 5.75 Å². The lowest BCUT2D eigenvalue weighted by Gasteiger charge is -2.30. The molecule has 2 amide bonds. The molecular formula is C24H28Cl2N2O3. The Morgan fingerprint density at radius 3 is 2.58 bits per heavy atom. The van der Waals surface area contributed by atoms with Gasteiger partial charge < -0.3 is 15.0 Å². The number of hydrogen-bond donors (Lipinski definition) is 1. The van der Waals surface area contributed by atoms with E-state index in [1.54, 1.807) is 31.2 Å². The highest BCUT2D eigenvalue weighted by Gasteiger charge is 2.29. The smallest absolute Gasteiger partial charge is 0.261 e. The SMILES string of the molecule is Cc1cccc(OCC(=O)N(Cc2ccc(Cl)cc2Cl)[C@H](C)C(=O)NC2CCCC2)c1. The fourth-order valence-corrected chi connectivity index (χ4v) is 4.21. The zero-order chi connectivity index (χ0) is 22.4. The molecule has 2 aromatic rings. The van der Waals surface area contributed by atoms with Crippen LogP contribution in [0, 0.1) is 6.92 Å². The van der Waals surface area contributed by atoms with Crippen LogP contribution in [0.15, 0.2) is 42.5 Å². The van der Waals surface area contributed by atoms with E-state index in [9.17, 15) is 9.59 Å². The van der Waals surface area contributed by atoms with Crippen molar-refractivity contribution < 1.29 is 14.3 Å². The molecule has 1 atom stereocenters. The molecule has 2 aromatic carbocycles. The Morgan fingerprint density at radius 1 is 1.16 bits per heavy atom. The van der Waals surface area contributed by atoms with Gasteiger partial charge in [-0.25, -0.2) is 0 Å². The molecule has 1 fully saturated rings. The van der Waals surface area contributed by atoms with Crippen LogP contribution in [0.25, 0.3) is 0 Å². The highest BCUT2D eigenvalue weighted by Crippen LogP contribution is 2.24.